The minimum atomic E-state index is -4.12. The van der Waals surface area contributed by atoms with Crippen molar-refractivity contribution in [1.29, 1.82) is 0 Å². The van der Waals surface area contributed by atoms with Crippen LogP contribution in [0.15, 0.2) is 0 Å². The summed E-state index contributed by atoms with van der Waals surface area (Å²) in [5, 5.41) is 2.25. The first-order valence-electron chi connectivity index (χ1n) is 3.40. The lowest BCUT2D eigenvalue weighted by molar-refractivity contribution is -0.116. The Morgan fingerprint density at radius 3 is 2.38 bits per heavy atom. The molecule has 2 N–H and O–H groups in total. The molecule has 0 radical (unpaired) electrons. The van der Waals surface area contributed by atoms with Crippen molar-refractivity contribution in [3.8, 4) is 12.3 Å². The van der Waals surface area contributed by atoms with E-state index in [1.165, 1.54) is 13.8 Å². The number of hydrogen-bond donors (Lipinski definition) is 2. The first-order chi connectivity index (χ1) is 5.66. The van der Waals surface area contributed by atoms with Crippen LogP contribution < -0.4 is 5.32 Å². The van der Waals surface area contributed by atoms with E-state index in [0.717, 1.165) is 0 Å². The molecule has 0 aromatic heterocycles. The van der Waals surface area contributed by atoms with Gasteiger partial charge in [0.1, 0.15) is 0 Å². The Bertz CT molecular complexity index is 336. The highest BCUT2D eigenvalue weighted by molar-refractivity contribution is 7.85. The second kappa shape index (κ2) is 3.77. The van der Waals surface area contributed by atoms with Crippen LogP contribution in [0.5, 0.6) is 0 Å². The molecule has 0 fully saturated rings. The van der Waals surface area contributed by atoms with Crippen LogP contribution in [0, 0.1) is 12.3 Å². The average Bonchev–Trinajstić information content (AvgIpc) is 1.80. The molecule has 5 nitrogen and oxygen atoms in total. The van der Waals surface area contributed by atoms with Crippen molar-refractivity contribution in [2.24, 2.45) is 0 Å². The van der Waals surface area contributed by atoms with Crippen molar-refractivity contribution >= 4 is 16.0 Å². The molecule has 0 unspecified atom stereocenters. The summed E-state index contributed by atoms with van der Waals surface area (Å²) in [5.41, 5.74) is -1.07. The summed E-state index contributed by atoms with van der Waals surface area (Å²) in [6, 6.07) is 0. The van der Waals surface area contributed by atoms with Crippen molar-refractivity contribution in [3.63, 3.8) is 0 Å². The van der Waals surface area contributed by atoms with Gasteiger partial charge in [-0.2, -0.15) is 8.42 Å². The van der Waals surface area contributed by atoms with E-state index < -0.39 is 27.3 Å². The standard InChI is InChI=1S/C7H11NO4S/c1-4-6(9)8-7(2,3)5-13(10,11)12/h1H,5H2,2-3H3,(H,8,9)(H,10,11,12). The molecule has 0 aliphatic heterocycles. The lowest BCUT2D eigenvalue weighted by Crippen LogP contribution is -2.47. The molecule has 0 aliphatic carbocycles. The van der Waals surface area contributed by atoms with Crippen LogP contribution in [0.4, 0.5) is 0 Å². The molecular weight excluding hydrogens is 194 g/mol. The first kappa shape index (κ1) is 11.9. The first-order valence-corrected chi connectivity index (χ1v) is 5.01. The van der Waals surface area contributed by atoms with Crippen LogP contribution >= 0.6 is 0 Å². The van der Waals surface area contributed by atoms with Gasteiger partial charge < -0.3 is 5.32 Å². The lowest BCUT2D eigenvalue weighted by Gasteiger charge is -2.22. The zero-order chi connectivity index (χ0) is 10.7. The summed E-state index contributed by atoms with van der Waals surface area (Å²) in [6.07, 6.45) is 4.77. The smallest absolute Gasteiger partial charge is 0.296 e. The van der Waals surface area contributed by atoms with Gasteiger partial charge in [-0.05, 0) is 19.8 Å². The van der Waals surface area contributed by atoms with E-state index in [1.807, 2.05) is 0 Å². The van der Waals surface area contributed by atoms with Crippen LogP contribution in [-0.4, -0.2) is 30.2 Å². The second-order valence-corrected chi connectivity index (χ2v) is 4.66. The van der Waals surface area contributed by atoms with Gasteiger partial charge in [0.05, 0.1) is 11.3 Å². The van der Waals surface area contributed by atoms with E-state index >= 15 is 0 Å². The van der Waals surface area contributed by atoms with Crippen LogP contribution in [-0.2, 0) is 14.9 Å². The number of carbonyl (C=O) groups excluding carboxylic acids is 1. The van der Waals surface area contributed by atoms with Gasteiger partial charge in [0.25, 0.3) is 16.0 Å². The number of amides is 1. The van der Waals surface area contributed by atoms with Gasteiger partial charge in [-0.15, -0.1) is 6.42 Å². The average molecular weight is 205 g/mol. The Hall–Kier alpha value is -1.06. The highest BCUT2D eigenvalue weighted by atomic mass is 32.2. The summed E-state index contributed by atoms with van der Waals surface area (Å²) in [7, 11) is -4.12. The molecule has 0 saturated heterocycles. The highest BCUT2D eigenvalue weighted by Gasteiger charge is 2.25. The highest BCUT2D eigenvalue weighted by Crippen LogP contribution is 2.04. The fraction of sp³-hybridized carbons (Fsp3) is 0.571. The van der Waals surface area contributed by atoms with Crippen molar-refractivity contribution in [2.75, 3.05) is 5.75 Å². The van der Waals surface area contributed by atoms with Gasteiger partial charge in [-0.25, -0.2) is 0 Å². The monoisotopic (exact) mass is 205 g/mol. The maximum Gasteiger partial charge on any atom is 0.296 e. The van der Waals surface area contributed by atoms with E-state index in [1.54, 1.807) is 5.92 Å². The Labute approximate surface area is 77.3 Å². The third kappa shape index (κ3) is 6.13. The van der Waals surface area contributed by atoms with E-state index in [4.69, 9.17) is 11.0 Å². The molecule has 0 bridgehead atoms. The molecule has 0 aromatic carbocycles. The number of nitrogens with one attached hydrogen (secondary N) is 1. The molecule has 0 spiro atoms. The third-order valence-corrected chi connectivity index (χ3v) is 2.21. The molecule has 13 heavy (non-hydrogen) atoms. The molecule has 6 heteroatoms. The van der Waals surface area contributed by atoms with Gasteiger partial charge in [0.2, 0.25) is 0 Å². The predicted octanol–water partition coefficient (Wildman–Crippen LogP) is -0.598. The van der Waals surface area contributed by atoms with E-state index in [-0.39, 0.29) is 0 Å². The van der Waals surface area contributed by atoms with Crippen LogP contribution in [0.1, 0.15) is 13.8 Å². The number of hydrogen-bond acceptors (Lipinski definition) is 3. The third-order valence-electron chi connectivity index (χ3n) is 1.13. The zero-order valence-electron chi connectivity index (χ0n) is 7.36. The van der Waals surface area contributed by atoms with Gasteiger partial charge in [-0.3, -0.25) is 9.35 Å². The molecule has 74 valence electrons. The SMILES string of the molecule is C#CC(=O)NC(C)(C)CS(=O)(=O)O. The lowest BCUT2D eigenvalue weighted by atomic mass is 10.1. The van der Waals surface area contributed by atoms with E-state index in [2.05, 4.69) is 5.32 Å². The fourth-order valence-electron chi connectivity index (χ4n) is 0.836. The molecule has 1 amide bonds. The largest absolute Gasteiger partial charge is 0.339 e. The minimum Gasteiger partial charge on any atom is -0.339 e. The van der Waals surface area contributed by atoms with Crippen molar-refractivity contribution in [1.82, 2.24) is 5.32 Å². The molecule has 0 atom stereocenters. The van der Waals surface area contributed by atoms with Crippen molar-refractivity contribution in [2.45, 2.75) is 19.4 Å². The van der Waals surface area contributed by atoms with Gasteiger partial charge in [-0.1, -0.05) is 0 Å². The predicted molar refractivity (Wildman–Crippen MR) is 47.5 cm³/mol. The molecule has 0 aromatic rings. The number of carbonyl (C=O) groups is 1. The van der Waals surface area contributed by atoms with Gasteiger partial charge in [0, 0.05) is 0 Å². The zero-order valence-corrected chi connectivity index (χ0v) is 8.18. The quantitative estimate of drug-likeness (QED) is 0.476. The summed E-state index contributed by atoms with van der Waals surface area (Å²) in [5.74, 6) is 0.490. The summed E-state index contributed by atoms with van der Waals surface area (Å²) < 4.78 is 29.4. The van der Waals surface area contributed by atoms with Crippen molar-refractivity contribution in [3.05, 3.63) is 0 Å². The molecule has 0 aliphatic rings. The van der Waals surface area contributed by atoms with E-state index in [9.17, 15) is 13.2 Å². The molecule has 0 heterocycles. The normalized spacial score (nSPS) is 11.8. The number of terminal acetylenes is 1. The van der Waals surface area contributed by atoms with Crippen LogP contribution in [0.2, 0.25) is 0 Å². The van der Waals surface area contributed by atoms with Gasteiger partial charge >= 0.3 is 0 Å². The van der Waals surface area contributed by atoms with E-state index in [0.29, 0.717) is 0 Å². The van der Waals surface area contributed by atoms with Crippen LogP contribution in [0.3, 0.4) is 0 Å². The fourth-order valence-corrected chi connectivity index (χ4v) is 1.82. The molecule has 0 saturated carbocycles. The maximum atomic E-state index is 10.7. The van der Waals surface area contributed by atoms with Crippen LogP contribution in [0.25, 0.3) is 0 Å². The maximum absolute atomic E-state index is 10.7. The Morgan fingerprint density at radius 1 is 1.62 bits per heavy atom. The Balaban J connectivity index is 4.44. The topological polar surface area (TPSA) is 83.5 Å². The number of rotatable bonds is 3. The molecule has 0 rings (SSSR count). The van der Waals surface area contributed by atoms with Gasteiger partial charge in [0.15, 0.2) is 0 Å². The summed E-state index contributed by atoms with van der Waals surface area (Å²) in [6.45, 7) is 2.88. The minimum absolute atomic E-state index is 0.576. The molecular formula is C7H11NO4S. The Morgan fingerprint density at radius 2 is 2.08 bits per heavy atom. The second-order valence-electron chi connectivity index (χ2n) is 3.21. The van der Waals surface area contributed by atoms with Crippen molar-refractivity contribution < 1.29 is 17.8 Å². The summed E-state index contributed by atoms with van der Waals surface area (Å²) in [4.78, 5) is 10.7. The summed E-state index contributed by atoms with van der Waals surface area (Å²) >= 11 is 0. The Kier molecular flexibility index (Phi) is 3.46.